The van der Waals surface area contributed by atoms with Crippen LogP contribution >= 0.6 is 0 Å². The second-order valence-electron chi connectivity index (χ2n) is 4.39. The first-order valence-corrected chi connectivity index (χ1v) is 6.37. The summed E-state index contributed by atoms with van der Waals surface area (Å²) in [6.07, 6.45) is 1.64. The summed E-state index contributed by atoms with van der Waals surface area (Å²) in [5, 5.41) is 0. The van der Waals surface area contributed by atoms with E-state index in [1.54, 1.807) is 24.4 Å². The Kier molecular flexibility index (Phi) is 4.66. The van der Waals surface area contributed by atoms with Gasteiger partial charge in [0.25, 0.3) is 0 Å². The van der Waals surface area contributed by atoms with E-state index in [0.29, 0.717) is 11.3 Å². The number of pyridine rings is 1. The molecule has 0 radical (unpaired) electrons. The molecule has 0 saturated heterocycles. The van der Waals surface area contributed by atoms with Crippen LogP contribution in [-0.2, 0) is 20.9 Å². The largest absolute Gasteiger partial charge is 0.465 e. The van der Waals surface area contributed by atoms with Crippen molar-refractivity contribution in [1.29, 1.82) is 0 Å². The van der Waals surface area contributed by atoms with E-state index < -0.39 is 0 Å². The summed E-state index contributed by atoms with van der Waals surface area (Å²) in [6, 6.07) is 10.8. The summed E-state index contributed by atoms with van der Waals surface area (Å²) in [5.74, 6) is -0.735. The molecule has 0 amide bonds. The number of rotatable bonds is 4. The van der Waals surface area contributed by atoms with E-state index in [9.17, 15) is 9.59 Å². The lowest BCUT2D eigenvalue weighted by Crippen LogP contribution is -2.02. The predicted octanol–water partition coefficient (Wildman–Crippen LogP) is 2.60. The molecule has 1 aromatic carbocycles. The zero-order valence-electron chi connectivity index (χ0n) is 11.8. The Hall–Kier alpha value is -2.69. The van der Waals surface area contributed by atoms with Crippen LogP contribution in [0.5, 0.6) is 0 Å². The highest BCUT2D eigenvalue weighted by atomic mass is 16.5. The molecule has 2 rings (SSSR count). The van der Waals surface area contributed by atoms with Gasteiger partial charge in [-0.05, 0) is 35.4 Å². The summed E-state index contributed by atoms with van der Waals surface area (Å²) in [7, 11) is 1.35. The number of hydrogen-bond donors (Lipinski definition) is 0. The molecule has 0 atom stereocenters. The van der Waals surface area contributed by atoms with Crippen LogP contribution in [0, 0.1) is 0 Å². The van der Waals surface area contributed by atoms with Crippen LogP contribution in [0.25, 0.3) is 11.1 Å². The number of ether oxygens (including phenoxy) is 2. The zero-order chi connectivity index (χ0) is 15.2. The van der Waals surface area contributed by atoms with Crippen molar-refractivity contribution in [2.75, 3.05) is 7.11 Å². The maximum Gasteiger partial charge on any atom is 0.337 e. The molecule has 0 aliphatic heterocycles. The van der Waals surface area contributed by atoms with E-state index in [4.69, 9.17) is 9.47 Å². The molecule has 2 aromatic rings. The van der Waals surface area contributed by atoms with Gasteiger partial charge in [-0.15, -0.1) is 0 Å². The van der Waals surface area contributed by atoms with Crippen LogP contribution < -0.4 is 0 Å². The van der Waals surface area contributed by atoms with Crippen molar-refractivity contribution in [3.8, 4) is 11.1 Å². The summed E-state index contributed by atoms with van der Waals surface area (Å²) in [5.41, 5.74) is 2.88. The summed E-state index contributed by atoms with van der Waals surface area (Å²) < 4.78 is 9.63. The first-order valence-electron chi connectivity index (χ1n) is 6.37. The van der Waals surface area contributed by atoms with Gasteiger partial charge in [0, 0.05) is 13.1 Å². The molecule has 0 bridgehead atoms. The minimum Gasteiger partial charge on any atom is -0.465 e. The van der Waals surface area contributed by atoms with Gasteiger partial charge in [-0.2, -0.15) is 0 Å². The lowest BCUT2D eigenvalue weighted by atomic mass is 10.0. The van der Waals surface area contributed by atoms with Crippen molar-refractivity contribution in [3.63, 3.8) is 0 Å². The van der Waals surface area contributed by atoms with Crippen molar-refractivity contribution < 1.29 is 19.1 Å². The lowest BCUT2D eigenvalue weighted by Gasteiger charge is -2.06. The average Bonchev–Trinajstić information content (AvgIpc) is 2.52. The van der Waals surface area contributed by atoms with Gasteiger partial charge in [-0.1, -0.05) is 12.1 Å². The van der Waals surface area contributed by atoms with E-state index in [0.717, 1.165) is 11.1 Å². The highest BCUT2D eigenvalue weighted by molar-refractivity contribution is 5.90. The topological polar surface area (TPSA) is 65.5 Å². The third-order valence-electron chi connectivity index (χ3n) is 2.86. The second-order valence-corrected chi connectivity index (χ2v) is 4.39. The Morgan fingerprint density at radius 1 is 1.14 bits per heavy atom. The standard InChI is InChI=1S/C16H15NO4/c1-11(18)21-10-15-9-13(6-7-17-15)12-4-3-5-14(8-12)16(19)20-2/h3-9H,10H2,1-2H3. The molecular weight excluding hydrogens is 270 g/mol. The second kappa shape index (κ2) is 6.65. The third-order valence-corrected chi connectivity index (χ3v) is 2.86. The highest BCUT2D eigenvalue weighted by Gasteiger charge is 2.07. The molecule has 0 spiro atoms. The molecule has 108 valence electrons. The summed E-state index contributed by atoms with van der Waals surface area (Å²) in [4.78, 5) is 26.5. The number of methoxy groups -OCH3 is 1. The Balaban J connectivity index is 2.27. The quantitative estimate of drug-likeness (QED) is 0.808. The van der Waals surface area contributed by atoms with Crippen molar-refractivity contribution in [2.45, 2.75) is 13.5 Å². The molecule has 5 nitrogen and oxygen atoms in total. The molecule has 21 heavy (non-hydrogen) atoms. The Labute approximate surface area is 122 Å². The Morgan fingerprint density at radius 3 is 2.62 bits per heavy atom. The van der Waals surface area contributed by atoms with Crippen molar-refractivity contribution in [1.82, 2.24) is 4.98 Å². The van der Waals surface area contributed by atoms with Crippen LogP contribution in [0.3, 0.4) is 0 Å². The molecule has 0 aliphatic carbocycles. The summed E-state index contributed by atoms with van der Waals surface area (Å²) >= 11 is 0. The zero-order valence-corrected chi connectivity index (χ0v) is 11.8. The number of aromatic nitrogens is 1. The maximum atomic E-state index is 11.5. The molecule has 0 unspecified atom stereocenters. The number of hydrogen-bond acceptors (Lipinski definition) is 5. The summed E-state index contributed by atoms with van der Waals surface area (Å²) in [6.45, 7) is 1.48. The van der Waals surface area contributed by atoms with Crippen molar-refractivity contribution >= 4 is 11.9 Å². The monoisotopic (exact) mass is 285 g/mol. The van der Waals surface area contributed by atoms with E-state index >= 15 is 0 Å². The van der Waals surface area contributed by atoms with Crippen LogP contribution in [0.4, 0.5) is 0 Å². The molecule has 1 heterocycles. The Bertz CT molecular complexity index is 667. The Morgan fingerprint density at radius 2 is 1.90 bits per heavy atom. The van der Waals surface area contributed by atoms with Gasteiger partial charge in [-0.3, -0.25) is 9.78 Å². The van der Waals surface area contributed by atoms with E-state index in [1.165, 1.54) is 14.0 Å². The van der Waals surface area contributed by atoms with Crippen LogP contribution in [0.1, 0.15) is 23.0 Å². The van der Waals surface area contributed by atoms with E-state index in [2.05, 4.69) is 4.98 Å². The molecule has 0 aliphatic rings. The predicted molar refractivity (Wildman–Crippen MR) is 76.5 cm³/mol. The molecule has 0 N–H and O–H groups in total. The van der Waals surface area contributed by atoms with Gasteiger partial charge in [0.05, 0.1) is 18.4 Å². The number of nitrogens with zero attached hydrogens (tertiary/aromatic N) is 1. The van der Waals surface area contributed by atoms with Gasteiger partial charge >= 0.3 is 11.9 Å². The normalized spacial score (nSPS) is 10.0. The number of esters is 2. The van der Waals surface area contributed by atoms with Crippen LogP contribution in [0.2, 0.25) is 0 Å². The first kappa shape index (κ1) is 14.7. The van der Waals surface area contributed by atoms with Gasteiger partial charge in [0.1, 0.15) is 6.61 Å². The number of carbonyl (C=O) groups excluding carboxylic acids is 2. The average molecular weight is 285 g/mol. The van der Waals surface area contributed by atoms with Crippen molar-refractivity contribution in [3.05, 3.63) is 53.9 Å². The van der Waals surface area contributed by atoms with Crippen molar-refractivity contribution in [2.24, 2.45) is 0 Å². The van der Waals surface area contributed by atoms with Gasteiger partial charge in [-0.25, -0.2) is 4.79 Å². The van der Waals surface area contributed by atoms with E-state index in [-0.39, 0.29) is 18.5 Å². The fourth-order valence-corrected chi connectivity index (χ4v) is 1.86. The molecular formula is C16H15NO4. The molecule has 0 saturated carbocycles. The maximum absolute atomic E-state index is 11.5. The van der Waals surface area contributed by atoms with E-state index in [1.807, 2.05) is 18.2 Å². The van der Waals surface area contributed by atoms with Crippen LogP contribution in [-0.4, -0.2) is 24.0 Å². The number of benzene rings is 1. The first-order chi connectivity index (χ1) is 10.1. The molecule has 1 aromatic heterocycles. The minimum atomic E-state index is -0.383. The fraction of sp³-hybridized carbons (Fsp3) is 0.188. The third kappa shape index (κ3) is 3.89. The molecule has 0 fully saturated rings. The van der Waals surface area contributed by atoms with Gasteiger partial charge < -0.3 is 9.47 Å². The minimum absolute atomic E-state index is 0.125. The lowest BCUT2D eigenvalue weighted by molar-refractivity contribution is -0.142. The fourth-order valence-electron chi connectivity index (χ4n) is 1.86. The highest BCUT2D eigenvalue weighted by Crippen LogP contribution is 2.21. The number of carbonyl (C=O) groups is 2. The van der Waals surface area contributed by atoms with Crippen LogP contribution in [0.15, 0.2) is 42.6 Å². The van der Waals surface area contributed by atoms with Gasteiger partial charge in [0.15, 0.2) is 0 Å². The molecule has 5 heteroatoms. The smallest absolute Gasteiger partial charge is 0.337 e. The SMILES string of the molecule is COC(=O)c1cccc(-c2ccnc(COC(C)=O)c2)c1. The van der Waals surface area contributed by atoms with Gasteiger partial charge in [0.2, 0.25) is 0 Å².